The molecule has 0 heterocycles. The number of rotatable bonds is 7. The van der Waals surface area contributed by atoms with Crippen LogP contribution >= 0.6 is 11.6 Å². The summed E-state index contributed by atoms with van der Waals surface area (Å²) in [6, 6.07) is 12.5. The number of hydrogen-bond donors (Lipinski definition) is 2. The molecule has 0 aliphatic rings. The van der Waals surface area contributed by atoms with Crippen molar-refractivity contribution in [3.05, 3.63) is 64.2 Å². The number of hydrogen-bond acceptors (Lipinski definition) is 4. The topological polar surface area (TPSA) is 66.8 Å². The molecular weight excluding hydrogens is 328 g/mol. The van der Waals surface area contributed by atoms with Crippen LogP contribution in [0.5, 0.6) is 5.75 Å². The van der Waals surface area contributed by atoms with E-state index < -0.39 is 18.5 Å². The molecular formula is C19H21ClO4. The average molecular weight is 349 g/mol. The van der Waals surface area contributed by atoms with E-state index in [0.717, 1.165) is 16.9 Å². The highest BCUT2D eigenvalue weighted by atomic mass is 35.5. The second kappa shape index (κ2) is 8.29. The molecule has 0 aliphatic heterocycles. The molecule has 0 aromatic heterocycles. The Labute approximate surface area is 146 Å². The van der Waals surface area contributed by atoms with Crippen LogP contribution in [0.25, 0.3) is 0 Å². The van der Waals surface area contributed by atoms with Gasteiger partial charge in [-0.1, -0.05) is 23.7 Å². The Bertz CT molecular complexity index is 695. The summed E-state index contributed by atoms with van der Waals surface area (Å²) in [6.45, 7) is 3.34. The predicted octanol–water partition coefficient (Wildman–Crippen LogP) is 3.25. The average Bonchev–Trinajstić information content (AvgIpc) is 2.56. The first-order chi connectivity index (χ1) is 11.4. The van der Waals surface area contributed by atoms with E-state index in [4.69, 9.17) is 21.4 Å². The summed E-state index contributed by atoms with van der Waals surface area (Å²) in [4.78, 5) is 12.0. The number of aliphatic hydroxyl groups is 2. The Morgan fingerprint density at radius 1 is 1.17 bits per heavy atom. The van der Waals surface area contributed by atoms with Gasteiger partial charge in [0.1, 0.15) is 11.9 Å². The van der Waals surface area contributed by atoms with Crippen molar-refractivity contribution in [2.45, 2.75) is 32.5 Å². The lowest BCUT2D eigenvalue weighted by Gasteiger charge is -2.12. The van der Waals surface area contributed by atoms with Gasteiger partial charge in [0.05, 0.1) is 12.7 Å². The Kier molecular flexibility index (Phi) is 6.37. The number of ether oxygens (including phenoxy) is 1. The molecule has 5 heteroatoms. The van der Waals surface area contributed by atoms with Crippen LogP contribution in [0.4, 0.5) is 0 Å². The van der Waals surface area contributed by atoms with Crippen molar-refractivity contribution in [2.24, 2.45) is 0 Å². The van der Waals surface area contributed by atoms with Gasteiger partial charge in [0, 0.05) is 10.6 Å². The lowest BCUT2D eigenvalue weighted by Crippen LogP contribution is -2.24. The minimum atomic E-state index is -1.41. The van der Waals surface area contributed by atoms with Gasteiger partial charge in [-0.05, 0) is 61.7 Å². The number of aliphatic hydroxyl groups excluding tert-OH is 2. The largest absolute Gasteiger partial charge is 0.491 e. The maximum absolute atomic E-state index is 12.0. The molecule has 2 N–H and O–H groups in total. The Morgan fingerprint density at radius 2 is 1.83 bits per heavy atom. The van der Waals surface area contributed by atoms with Gasteiger partial charge in [0.25, 0.3) is 0 Å². The van der Waals surface area contributed by atoms with E-state index >= 15 is 0 Å². The molecule has 0 fully saturated rings. The maximum atomic E-state index is 12.0. The summed E-state index contributed by atoms with van der Waals surface area (Å²) in [6.07, 6.45) is -0.741. The number of Topliss-reactive ketones (excluding diaryl/α,β-unsaturated/α-hetero) is 1. The number of carbonyl (C=O) groups is 1. The molecule has 4 nitrogen and oxygen atoms in total. The summed E-state index contributed by atoms with van der Waals surface area (Å²) < 4.78 is 5.61. The van der Waals surface area contributed by atoms with Gasteiger partial charge in [-0.3, -0.25) is 4.79 Å². The van der Waals surface area contributed by atoms with E-state index in [1.54, 1.807) is 18.2 Å². The summed E-state index contributed by atoms with van der Waals surface area (Å²) in [5.74, 6) is 0.283. The fourth-order valence-electron chi connectivity index (χ4n) is 2.32. The van der Waals surface area contributed by atoms with Gasteiger partial charge in [-0.2, -0.15) is 0 Å². The van der Waals surface area contributed by atoms with Crippen molar-refractivity contribution < 1.29 is 19.7 Å². The Morgan fingerprint density at radius 3 is 2.42 bits per heavy atom. The van der Waals surface area contributed by atoms with Crippen molar-refractivity contribution in [1.82, 2.24) is 0 Å². The second-order valence-corrected chi connectivity index (χ2v) is 6.26. The van der Waals surface area contributed by atoms with Gasteiger partial charge in [0.2, 0.25) is 0 Å². The summed E-state index contributed by atoms with van der Waals surface area (Å²) in [7, 11) is 0. The smallest absolute Gasteiger partial charge is 0.193 e. The fourth-order valence-corrected chi connectivity index (χ4v) is 2.50. The summed E-state index contributed by atoms with van der Waals surface area (Å²) in [5.41, 5.74) is 2.14. The minimum Gasteiger partial charge on any atom is -0.491 e. The van der Waals surface area contributed by atoms with E-state index in [2.05, 4.69) is 0 Å². The van der Waals surface area contributed by atoms with Crippen molar-refractivity contribution in [1.29, 1.82) is 0 Å². The van der Waals surface area contributed by atoms with Gasteiger partial charge in [-0.25, -0.2) is 0 Å². The van der Waals surface area contributed by atoms with E-state index in [1.165, 1.54) is 0 Å². The molecule has 0 radical (unpaired) electrons. The van der Waals surface area contributed by atoms with E-state index in [-0.39, 0.29) is 6.10 Å². The molecule has 2 aromatic carbocycles. The molecule has 2 aromatic rings. The van der Waals surface area contributed by atoms with Crippen molar-refractivity contribution in [2.75, 3.05) is 6.61 Å². The lowest BCUT2D eigenvalue weighted by molar-refractivity contribution is 0.0587. The Balaban J connectivity index is 2.18. The minimum absolute atomic E-state index is 0.117. The highest BCUT2D eigenvalue weighted by molar-refractivity contribution is 6.31. The van der Waals surface area contributed by atoms with Crippen molar-refractivity contribution >= 4 is 17.4 Å². The normalized spacial score (nSPS) is 12.2. The molecule has 24 heavy (non-hydrogen) atoms. The number of carbonyl (C=O) groups excluding carboxylic acids is 1. The molecule has 0 bridgehead atoms. The highest BCUT2D eigenvalue weighted by Crippen LogP contribution is 2.23. The first kappa shape index (κ1) is 18.5. The number of ketones is 1. The molecule has 2 rings (SSSR count). The van der Waals surface area contributed by atoms with Crippen LogP contribution in [0.1, 0.15) is 35.3 Å². The Hall–Kier alpha value is -1.88. The zero-order valence-corrected chi connectivity index (χ0v) is 14.5. The van der Waals surface area contributed by atoms with Crippen LogP contribution in [0.3, 0.4) is 0 Å². The summed E-state index contributed by atoms with van der Waals surface area (Å²) in [5, 5.41) is 18.9. The third-order valence-corrected chi connectivity index (χ3v) is 3.86. The second-order valence-electron chi connectivity index (χ2n) is 5.86. The summed E-state index contributed by atoms with van der Waals surface area (Å²) >= 11 is 6.22. The maximum Gasteiger partial charge on any atom is 0.193 e. The van der Waals surface area contributed by atoms with Crippen LogP contribution in [0.2, 0.25) is 5.02 Å². The fraction of sp³-hybridized carbons (Fsp3) is 0.316. The molecule has 0 spiro atoms. The number of halogens is 1. The zero-order valence-electron chi connectivity index (χ0n) is 13.7. The molecule has 0 aliphatic carbocycles. The van der Waals surface area contributed by atoms with Gasteiger partial charge in [-0.15, -0.1) is 0 Å². The molecule has 1 atom stereocenters. The molecule has 0 unspecified atom stereocenters. The van der Waals surface area contributed by atoms with E-state index in [0.29, 0.717) is 17.0 Å². The van der Waals surface area contributed by atoms with Gasteiger partial charge < -0.3 is 14.9 Å². The quantitative estimate of drug-likeness (QED) is 0.754. The SMILES string of the molecule is CC(C)Oc1ccc(Cc2cc(C(=O)[C@H](O)CO)ccc2Cl)cc1. The third kappa shape index (κ3) is 4.81. The monoisotopic (exact) mass is 348 g/mol. The molecule has 0 saturated heterocycles. The number of benzene rings is 2. The molecule has 0 amide bonds. The van der Waals surface area contributed by atoms with Crippen LogP contribution in [0.15, 0.2) is 42.5 Å². The zero-order chi connectivity index (χ0) is 17.7. The van der Waals surface area contributed by atoms with E-state index in [9.17, 15) is 9.90 Å². The van der Waals surface area contributed by atoms with Crippen LogP contribution < -0.4 is 4.74 Å². The van der Waals surface area contributed by atoms with Crippen molar-refractivity contribution in [3.8, 4) is 5.75 Å². The van der Waals surface area contributed by atoms with Crippen molar-refractivity contribution in [3.63, 3.8) is 0 Å². The molecule has 0 saturated carbocycles. The lowest BCUT2D eigenvalue weighted by atomic mass is 9.99. The highest BCUT2D eigenvalue weighted by Gasteiger charge is 2.17. The first-order valence-electron chi connectivity index (χ1n) is 7.78. The first-order valence-corrected chi connectivity index (χ1v) is 8.15. The van der Waals surface area contributed by atoms with Crippen LogP contribution in [0, 0.1) is 0 Å². The van der Waals surface area contributed by atoms with Crippen LogP contribution in [-0.4, -0.2) is 34.8 Å². The van der Waals surface area contributed by atoms with Crippen LogP contribution in [-0.2, 0) is 6.42 Å². The standard InChI is InChI=1S/C19H21ClO4/c1-12(2)24-16-6-3-13(4-7-16)9-15-10-14(5-8-17(15)20)19(23)18(22)11-21/h3-8,10,12,18,21-22H,9,11H2,1-2H3/t18-/m1/s1. The van der Waals surface area contributed by atoms with E-state index in [1.807, 2.05) is 38.1 Å². The predicted molar refractivity (Wildman–Crippen MR) is 93.9 cm³/mol. The van der Waals surface area contributed by atoms with Gasteiger partial charge in [0.15, 0.2) is 5.78 Å². The third-order valence-electron chi connectivity index (χ3n) is 3.50. The van der Waals surface area contributed by atoms with Gasteiger partial charge >= 0.3 is 0 Å². The molecule has 128 valence electrons.